The summed E-state index contributed by atoms with van der Waals surface area (Å²) in [6.45, 7) is 1.98. The Morgan fingerprint density at radius 1 is 1.14 bits per heavy atom. The fourth-order valence-electron chi connectivity index (χ4n) is 1.78. The third-order valence-corrected chi connectivity index (χ3v) is 2.97. The van der Waals surface area contributed by atoms with Crippen molar-refractivity contribution in [3.8, 4) is 5.75 Å². The van der Waals surface area contributed by atoms with Crippen LogP contribution in [0, 0.1) is 12.3 Å². The number of esters is 1. The van der Waals surface area contributed by atoms with E-state index in [1.54, 1.807) is 30.3 Å². The van der Waals surface area contributed by atoms with Crippen molar-refractivity contribution in [1.29, 1.82) is 5.41 Å². The lowest BCUT2D eigenvalue weighted by Crippen LogP contribution is -2.11. The Hall–Kier alpha value is -2.88. The molecule has 0 aromatic heterocycles. The highest BCUT2D eigenvalue weighted by atomic mass is 16.5. The van der Waals surface area contributed by atoms with Gasteiger partial charge in [-0.15, -0.1) is 0 Å². The molecule has 106 valence electrons. The van der Waals surface area contributed by atoms with E-state index in [4.69, 9.17) is 15.9 Å². The van der Waals surface area contributed by atoms with Crippen LogP contribution in [0.4, 0.5) is 0 Å². The lowest BCUT2D eigenvalue weighted by molar-refractivity contribution is -0.128. The van der Waals surface area contributed by atoms with E-state index in [1.807, 2.05) is 31.2 Å². The number of nitrogens with one attached hydrogen (secondary N) is 1. The standard InChI is InChI=1S/C17H16N2O2/c1-12-4-2-3-5-13(12)8-11-16(20)21-15-9-6-14(7-10-15)17(18)19/h2-11H,1H3,(H3,18,19)/b11-8+. The average molecular weight is 280 g/mol. The SMILES string of the molecule is Cc1ccccc1/C=C/C(=O)Oc1ccc(C(=N)N)cc1. The zero-order valence-electron chi connectivity index (χ0n) is 11.7. The molecule has 0 aliphatic rings. The van der Waals surface area contributed by atoms with E-state index in [-0.39, 0.29) is 5.84 Å². The molecule has 0 heterocycles. The van der Waals surface area contributed by atoms with Gasteiger partial charge in [-0.05, 0) is 48.4 Å². The van der Waals surface area contributed by atoms with Crippen molar-refractivity contribution in [3.63, 3.8) is 0 Å². The Morgan fingerprint density at radius 2 is 1.81 bits per heavy atom. The molecule has 4 nitrogen and oxygen atoms in total. The molecule has 0 aliphatic carbocycles. The summed E-state index contributed by atoms with van der Waals surface area (Å²) in [7, 11) is 0. The van der Waals surface area contributed by atoms with Gasteiger partial charge >= 0.3 is 5.97 Å². The van der Waals surface area contributed by atoms with Gasteiger partial charge in [-0.25, -0.2) is 4.79 Å². The number of carbonyl (C=O) groups excluding carboxylic acids is 1. The molecule has 0 saturated carbocycles. The van der Waals surface area contributed by atoms with Crippen molar-refractivity contribution in [2.75, 3.05) is 0 Å². The van der Waals surface area contributed by atoms with Crippen molar-refractivity contribution in [2.45, 2.75) is 6.92 Å². The second-order valence-electron chi connectivity index (χ2n) is 4.55. The average Bonchev–Trinajstić information content (AvgIpc) is 2.47. The van der Waals surface area contributed by atoms with E-state index in [0.29, 0.717) is 11.3 Å². The molecule has 0 saturated heterocycles. The first-order valence-corrected chi connectivity index (χ1v) is 6.46. The lowest BCUT2D eigenvalue weighted by atomic mass is 10.1. The van der Waals surface area contributed by atoms with Crippen molar-refractivity contribution in [2.24, 2.45) is 5.73 Å². The number of hydrogen-bond acceptors (Lipinski definition) is 3. The van der Waals surface area contributed by atoms with Crippen molar-refractivity contribution in [1.82, 2.24) is 0 Å². The first-order valence-electron chi connectivity index (χ1n) is 6.46. The van der Waals surface area contributed by atoms with Crippen molar-refractivity contribution >= 4 is 17.9 Å². The number of ether oxygens (including phenoxy) is 1. The lowest BCUT2D eigenvalue weighted by Gasteiger charge is -2.03. The third kappa shape index (κ3) is 4.04. The first-order chi connectivity index (χ1) is 10.1. The van der Waals surface area contributed by atoms with Crippen LogP contribution in [-0.2, 0) is 4.79 Å². The highest BCUT2D eigenvalue weighted by Crippen LogP contribution is 2.13. The summed E-state index contributed by atoms with van der Waals surface area (Å²) < 4.78 is 5.17. The van der Waals surface area contributed by atoms with E-state index in [2.05, 4.69) is 0 Å². The van der Waals surface area contributed by atoms with Crippen LogP contribution >= 0.6 is 0 Å². The van der Waals surface area contributed by atoms with Crippen LogP contribution < -0.4 is 10.5 Å². The maximum Gasteiger partial charge on any atom is 0.336 e. The summed E-state index contributed by atoms with van der Waals surface area (Å²) in [4.78, 5) is 11.7. The molecule has 0 fully saturated rings. The Morgan fingerprint density at radius 3 is 2.43 bits per heavy atom. The molecular weight excluding hydrogens is 264 g/mol. The minimum atomic E-state index is -0.450. The Kier molecular flexibility index (Phi) is 4.51. The molecule has 0 bridgehead atoms. The van der Waals surface area contributed by atoms with Gasteiger partial charge in [0.05, 0.1) is 0 Å². The molecule has 2 aromatic rings. The number of amidine groups is 1. The number of nitrogen functional groups attached to an aromatic ring is 1. The van der Waals surface area contributed by atoms with Gasteiger partial charge in [-0.2, -0.15) is 0 Å². The number of hydrogen-bond donors (Lipinski definition) is 2. The number of nitrogens with two attached hydrogens (primary N) is 1. The van der Waals surface area contributed by atoms with Gasteiger partial charge in [0.25, 0.3) is 0 Å². The van der Waals surface area contributed by atoms with Crippen LogP contribution in [0.1, 0.15) is 16.7 Å². The monoisotopic (exact) mass is 280 g/mol. The number of rotatable bonds is 4. The highest BCUT2D eigenvalue weighted by Gasteiger charge is 2.02. The first kappa shape index (κ1) is 14.5. The summed E-state index contributed by atoms with van der Waals surface area (Å²) in [5.74, 6) is -0.0550. The maximum atomic E-state index is 11.7. The summed E-state index contributed by atoms with van der Waals surface area (Å²) in [6, 6.07) is 14.3. The fraction of sp³-hybridized carbons (Fsp3) is 0.0588. The Labute approximate surface area is 123 Å². The van der Waals surface area contributed by atoms with Crippen LogP contribution in [-0.4, -0.2) is 11.8 Å². The molecule has 4 heteroatoms. The summed E-state index contributed by atoms with van der Waals surface area (Å²) in [5, 5.41) is 7.29. The summed E-state index contributed by atoms with van der Waals surface area (Å²) >= 11 is 0. The largest absolute Gasteiger partial charge is 0.423 e. The number of benzene rings is 2. The molecular formula is C17H16N2O2. The van der Waals surface area contributed by atoms with Crippen LogP contribution in [0.25, 0.3) is 6.08 Å². The van der Waals surface area contributed by atoms with Gasteiger partial charge in [0.2, 0.25) is 0 Å². The molecule has 2 aromatic carbocycles. The van der Waals surface area contributed by atoms with Crippen molar-refractivity contribution in [3.05, 3.63) is 71.3 Å². The maximum absolute atomic E-state index is 11.7. The van der Waals surface area contributed by atoms with Crippen LogP contribution in [0.5, 0.6) is 5.75 Å². The van der Waals surface area contributed by atoms with Gasteiger partial charge in [0.15, 0.2) is 0 Å². The van der Waals surface area contributed by atoms with E-state index >= 15 is 0 Å². The molecule has 0 spiro atoms. The molecule has 0 unspecified atom stereocenters. The molecule has 0 amide bonds. The number of aryl methyl sites for hydroxylation is 1. The van der Waals surface area contributed by atoms with Gasteiger partial charge in [-0.1, -0.05) is 24.3 Å². The predicted molar refractivity (Wildman–Crippen MR) is 83.3 cm³/mol. The zero-order valence-corrected chi connectivity index (χ0v) is 11.7. The Balaban J connectivity index is 2.02. The smallest absolute Gasteiger partial charge is 0.336 e. The predicted octanol–water partition coefficient (Wildman–Crippen LogP) is 2.90. The van der Waals surface area contributed by atoms with Crippen LogP contribution in [0.2, 0.25) is 0 Å². The van der Waals surface area contributed by atoms with Crippen LogP contribution in [0.3, 0.4) is 0 Å². The fourth-order valence-corrected chi connectivity index (χ4v) is 1.78. The van der Waals surface area contributed by atoms with Gasteiger partial charge < -0.3 is 10.5 Å². The normalized spacial score (nSPS) is 10.5. The quantitative estimate of drug-likeness (QED) is 0.297. The molecule has 0 radical (unpaired) electrons. The van der Waals surface area contributed by atoms with E-state index in [0.717, 1.165) is 11.1 Å². The highest BCUT2D eigenvalue weighted by molar-refractivity contribution is 5.95. The minimum Gasteiger partial charge on any atom is -0.423 e. The van der Waals surface area contributed by atoms with Gasteiger partial charge in [0.1, 0.15) is 11.6 Å². The molecule has 0 aliphatic heterocycles. The molecule has 21 heavy (non-hydrogen) atoms. The van der Waals surface area contributed by atoms with Crippen LogP contribution in [0.15, 0.2) is 54.6 Å². The zero-order chi connectivity index (χ0) is 15.2. The second-order valence-corrected chi connectivity index (χ2v) is 4.55. The Bertz CT molecular complexity index is 688. The van der Waals surface area contributed by atoms with Gasteiger partial charge in [-0.3, -0.25) is 5.41 Å². The third-order valence-electron chi connectivity index (χ3n) is 2.97. The molecule has 3 N–H and O–H groups in total. The number of carbonyl (C=O) groups is 1. The van der Waals surface area contributed by atoms with E-state index in [9.17, 15) is 4.79 Å². The second kappa shape index (κ2) is 6.52. The molecule has 2 rings (SSSR count). The summed E-state index contributed by atoms with van der Waals surface area (Å²) in [6.07, 6.45) is 3.11. The minimum absolute atomic E-state index is 0.0210. The van der Waals surface area contributed by atoms with E-state index < -0.39 is 5.97 Å². The van der Waals surface area contributed by atoms with Gasteiger partial charge in [0, 0.05) is 11.6 Å². The topological polar surface area (TPSA) is 76.2 Å². The molecule has 0 atom stereocenters. The van der Waals surface area contributed by atoms with E-state index in [1.165, 1.54) is 6.08 Å². The summed E-state index contributed by atoms with van der Waals surface area (Å²) in [5.41, 5.74) is 8.01. The van der Waals surface area contributed by atoms with Crippen molar-refractivity contribution < 1.29 is 9.53 Å².